The molecule has 1 aromatic carbocycles. The van der Waals surface area contributed by atoms with Crippen molar-refractivity contribution in [3.8, 4) is 0 Å². The summed E-state index contributed by atoms with van der Waals surface area (Å²) in [6, 6.07) is 14.2. The van der Waals surface area contributed by atoms with Crippen molar-refractivity contribution in [2.24, 2.45) is 17.8 Å². The second kappa shape index (κ2) is 6.16. The molecule has 1 aliphatic heterocycles. The number of pyridine rings is 1. The number of nitrogens with zero attached hydrogens (tertiary/aromatic N) is 2. The van der Waals surface area contributed by atoms with E-state index in [4.69, 9.17) is 4.42 Å². The number of piperidine rings is 1. The highest BCUT2D eigenvalue weighted by atomic mass is 16.3. The molecular weight excluding hydrogens is 326 g/mol. The number of hydrogen-bond donors (Lipinski definition) is 1. The number of furan rings is 1. The summed E-state index contributed by atoms with van der Waals surface area (Å²) in [5.74, 6) is 2.53. The lowest BCUT2D eigenvalue weighted by Crippen LogP contribution is -2.27. The number of carbonyl (C=O) groups excluding carboxylic acids is 1. The molecule has 0 radical (unpaired) electrons. The Morgan fingerprint density at radius 1 is 1.19 bits per heavy atom. The van der Waals surface area contributed by atoms with Crippen molar-refractivity contribution < 1.29 is 9.21 Å². The third kappa shape index (κ3) is 2.73. The quantitative estimate of drug-likeness (QED) is 0.769. The summed E-state index contributed by atoms with van der Waals surface area (Å²) in [5.41, 5.74) is 1.97. The minimum atomic E-state index is -0.141. The maximum absolute atomic E-state index is 12.3. The maximum Gasteiger partial charge on any atom is 0.287 e. The van der Waals surface area contributed by atoms with Crippen LogP contribution in [0.15, 0.2) is 59.3 Å². The van der Waals surface area contributed by atoms with Gasteiger partial charge in [0.2, 0.25) is 0 Å². The van der Waals surface area contributed by atoms with E-state index in [-0.39, 0.29) is 5.91 Å². The first-order chi connectivity index (χ1) is 12.8. The van der Waals surface area contributed by atoms with Crippen LogP contribution in [0.5, 0.6) is 0 Å². The molecule has 0 bridgehead atoms. The van der Waals surface area contributed by atoms with Gasteiger partial charge in [0.1, 0.15) is 0 Å². The van der Waals surface area contributed by atoms with Crippen molar-refractivity contribution in [3.05, 3.63) is 60.6 Å². The molecule has 132 valence electrons. The predicted octanol–water partition coefficient (Wildman–Crippen LogP) is 3.33. The molecule has 5 nitrogen and oxygen atoms in total. The number of hydrogen-bond acceptors (Lipinski definition) is 4. The summed E-state index contributed by atoms with van der Waals surface area (Å²) in [5, 5.41) is 3.90. The van der Waals surface area contributed by atoms with Gasteiger partial charge in [-0.1, -0.05) is 18.2 Å². The summed E-state index contributed by atoms with van der Waals surface area (Å²) < 4.78 is 5.56. The molecule has 2 atom stereocenters. The van der Waals surface area contributed by atoms with Gasteiger partial charge in [0.15, 0.2) is 11.3 Å². The van der Waals surface area contributed by atoms with Crippen LogP contribution in [0.25, 0.3) is 11.0 Å². The zero-order valence-electron chi connectivity index (χ0n) is 14.5. The number of para-hydroxylation sites is 1. The number of fused-ring (bicyclic) bond motifs is 2. The number of benzene rings is 1. The highest BCUT2D eigenvalue weighted by molar-refractivity contribution is 5.95. The Labute approximate surface area is 152 Å². The van der Waals surface area contributed by atoms with Crippen molar-refractivity contribution in [3.63, 3.8) is 0 Å². The van der Waals surface area contributed by atoms with Crippen LogP contribution >= 0.6 is 0 Å². The predicted molar refractivity (Wildman–Crippen MR) is 100 cm³/mol. The van der Waals surface area contributed by atoms with Crippen molar-refractivity contribution in [2.45, 2.75) is 6.42 Å². The van der Waals surface area contributed by atoms with E-state index in [1.807, 2.05) is 6.07 Å². The summed E-state index contributed by atoms with van der Waals surface area (Å²) in [4.78, 5) is 18.8. The number of aromatic nitrogens is 1. The zero-order valence-corrected chi connectivity index (χ0v) is 14.5. The van der Waals surface area contributed by atoms with Gasteiger partial charge >= 0.3 is 0 Å². The van der Waals surface area contributed by atoms with Crippen LogP contribution in [-0.2, 0) is 0 Å². The fourth-order valence-corrected chi connectivity index (χ4v) is 4.36. The van der Waals surface area contributed by atoms with E-state index < -0.39 is 0 Å². The molecule has 3 heterocycles. The Kier molecular flexibility index (Phi) is 3.66. The first-order valence-corrected chi connectivity index (χ1v) is 9.21. The number of nitrogens with one attached hydrogen (secondary N) is 1. The molecule has 2 aliphatic rings. The van der Waals surface area contributed by atoms with E-state index >= 15 is 0 Å². The first-order valence-electron chi connectivity index (χ1n) is 9.21. The monoisotopic (exact) mass is 347 g/mol. The van der Waals surface area contributed by atoms with E-state index in [1.54, 1.807) is 18.5 Å². The second-order valence-corrected chi connectivity index (χ2v) is 7.30. The zero-order chi connectivity index (χ0) is 17.5. The Bertz CT molecular complexity index is 892. The van der Waals surface area contributed by atoms with Crippen molar-refractivity contribution in [1.82, 2.24) is 10.3 Å². The average molecular weight is 347 g/mol. The van der Waals surface area contributed by atoms with Crippen LogP contribution in [0.3, 0.4) is 0 Å². The van der Waals surface area contributed by atoms with Gasteiger partial charge in [0, 0.05) is 36.9 Å². The molecule has 1 aliphatic carbocycles. The van der Waals surface area contributed by atoms with Crippen LogP contribution in [0, 0.1) is 17.8 Å². The van der Waals surface area contributed by atoms with Crippen molar-refractivity contribution in [1.29, 1.82) is 0 Å². The topological polar surface area (TPSA) is 58.4 Å². The highest BCUT2D eigenvalue weighted by Crippen LogP contribution is 2.54. The number of anilines is 1. The molecule has 2 fully saturated rings. The first kappa shape index (κ1) is 15.4. The summed E-state index contributed by atoms with van der Waals surface area (Å²) in [6.45, 7) is 2.99. The van der Waals surface area contributed by atoms with Gasteiger partial charge in [0.25, 0.3) is 5.91 Å². The fourth-order valence-electron chi connectivity index (χ4n) is 4.36. The number of carbonyl (C=O) groups is 1. The third-order valence-electron chi connectivity index (χ3n) is 5.80. The van der Waals surface area contributed by atoms with Crippen LogP contribution in [0.2, 0.25) is 0 Å². The summed E-state index contributed by atoms with van der Waals surface area (Å²) in [7, 11) is 0. The van der Waals surface area contributed by atoms with Crippen molar-refractivity contribution in [2.75, 3.05) is 24.5 Å². The van der Waals surface area contributed by atoms with Crippen molar-refractivity contribution >= 4 is 22.6 Å². The van der Waals surface area contributed by atoms with Gasteiger partial charge in [-0.05, 0) is 48.4 Å². The highest BCUT2D eigenvalue weighted by Gasteiger charge is 2.54. The van der Waals surface area contributed by atoms with Crippen LogP contribution < -0.4 is 10.2 Å². The Balaban J connectivity index is 1.11. The normalized spacial score (nSPS) is 23.8. The van der Waals surface area contributed by atoms with E-state index in [9.17, 15) is 4.79 Å². The van der Waals surface area contributed by atoms with Gasteiger partial charge in [-0.3, -0.25) is 9.78 Å². The summed E-state index contributed by atoms with van der Waals surface area (Å²) >= 11 is 0. The molecule has 2 unspecified atom stereocenters. The van der Waals surface area contributed by atoms with Gasteiger partial charge < -0.3 is 14.6 Å². The maximum atomic E-state index is 12.3. The standard InChI is InChI=1S/C21H21N3O2/c25-21(19-10-14-6-8-22-11-20(14)26-19)23-9-7-16-17-12-24(13-18(16)17)15-4-2-1-3-5-15/h1-6,8,10-11,16-18H,7,9,12-13H2,(H,23,25). The van der Waals surface area contributed by atoms with Crippen LogP contribution in [0.4, 0.5) is 5.69 Å². The molecule has 26 heavy (non-hydrogen) atoms. The minimum Gasteiger partial charge on any atom is -0.449 e. The molecular formula is C21H21N3O2. The molecule has 1 N–H and O–H groups in total. The number of rotatable bonds is 5. The molecule has 1 saturated carbocycles. The lowest BCUT2D eigenvalue weighted by atomic mass is 10.2. The molecule has 5 rings (SSSR count). The largest absolute Gasteiger partial charge is 0.449 e. The average Bonchev–Trinajstić information content (AvgIpc) is 3.07. The SMILES string of the molecule is O=C(NCCC1C2CN(c3ccccc3)CC12)c1cc2ccncc2o1. The van der Waals surface area contributed by atoms with Crippen LogP contribution in [0.1, 0.15) is 17.0 Å². The second-order valence-electron chi connectivity index (χ2n) is 7.30. The van der Waals surface area contributed by atoms with Gasteiger partial charge in [-0.25, -0.2) is 0 Å². The molecule has 0 spiro atoms. The van der Waals surface area contributed by atoms with Gasteiger partial charge in [0.05, 0.1) is 6.20 Å². The van der Waals surface area contributed by atoms with Gasteiger partial charge in [-0.15, -0.1) is 0 Å². The van der Waals surface area contributed by atoms with Crippen LogP contribution in [-0.4, -0.2) is 30.5 Å². The minimum absolute atomic E-state index is 0.141. The van der Waals surface area contributed by atoms with E-state index in [2.05, 4.69) is 45.5 Å². The lowest BCUT2D eigenvalue weighted by Gasteiger charge is -2.21. The molecule has 1 amide bonds. The Morgan fingerprint density at radius 3 is 2.77 bits per heavy atom. The molecule has 5 heteroatoms. The molecule has 2 aromatic heterocycles. The summed E-state index contributed by atoms with van der Waals surface area (Å²) in [6.07, 6.45) is 4.38. The Morgan fingerprint density at radius 2 is 2.00 bits per heavy atom. The van der Waals surface area contributed by atoms with E-state index in [0.29, 0.717) is 17.9 Å². The van der Waals surface area contributed by atoms with E-state index in [0.717, 1.165) is 42.7 Å². The smallest absolute Gasteiger partial charge is 0.287 e. The lowest BCUT2D eigenvalue weighted by molar-refractivity contribution is 0.0926. The third-order valence-corrected chi connectivity index (χ3v) is 5.80. The fraction of sp³-hybridized carbons (Fsp3) is 0.333. The molecule has 3 aromatic rings. The Hall–Kier alpha value is -2.82. The number of amides is 1. The van der Waals surface area contributed by atoms with E-state index in [1.165, 1.54) is 5.69 Å². The van der Waals surface area contributed by atoms with Gasteiger partial charge in [-0.2, -0.15) is 0 Å². The molecule has 1 saturated heterocycles.